The fraction of sp³-hybridized carbons (Fsp3) is 0.143. The van der Waals surface area contributed by atoms with Crippen molar-refractivity contribution in [3.8, 4) is 11.5 Å². The van der Waals surface area contributed by atoms with Crippen molar-refractivity contribution >= 4 is 33.5 Å². The zero-order valence-electron chi connectivity index (χ0n) is 10.8. The van der Waals surface area contributed by atoms with Gasteiger partial charge in [0.15, 0.2) is 0 Å². The van der Waals surface area contributed by atoms with Gasteiger partial charge < -0.3 is 9.84 Å². The molecule has 6 heteroatoms. The highest BCUT2D eigenvalue weighted by molar-refractivity contribution is 9.10. The number of benzene rings is 1. The van der Waals surface area contributed by atoms with E-state index >= 15 is 0 Å². The molecule has 0 aliphatic rings. The van der Waals surface area contributed by atoms with Crippen molar-refractivity contribution in [2.24, 2.45) is 0 Å². The third-order valence-corrected chi connectivity index (χ3v) is 3.41. The first-order valence-corrected chi connectivity index (χ1v) is 6.90. The van der Waals surface area contributed by atoms with Crippen LogP contribution in [0.15, 0.2) is 28.7 Å². The second kappa shape index (κ2) is 5.81. The van der Waals surface area contributed by atoms with Gasteiger partial charge in [0.1, 0.15) is 17.1 Å². The van der Waals surface area contributed by atoms with E-state index in [2.05, 4.69) is 20.9 Å². The van der Waals surface area contributed by atoms with E-state index in [-0.39, 0.29) is 11.3 Å². The van der Waals surface area contributed by atoms with Crippen LogP contribution in [0.2, 0.25) is 5.02 Å². The summed E-state index contributed by atoms with van der Waals surface area (Å²) in [5.41, 5.74) is 1.12. The number of hydrogen-bond donors (Lipinski definition) is 1. The lowest BCUT2D eigenvalue weighted by atomic mass is 10.1. The van der Waals surface area contributed by atoms with E-state index in [0.29, 0.717) is 22.2 Å². The van der Waals surface area contributed by atoms with E-state index in [4.69, 9.17) is 16.3 Å². The van der Waals surface area contributed by atoms with Crippen molar-refractivity contribution in [3.05, 3.63) is 50.7 Å². The van der Waals surface area contributed by atoms with Crippen molar-refractivity contribution in [1.82, 2.24) is 4.98 Å². The maximum absolute atomic E-state index is 11.3. The Morgan fingerprint density at radius 1 is 1.30 bits per heavy atom. The molecule has 0 atom stereocenters. The molecule has 0 amide bonds. The molecule has 0 unspecified atom stereocenters. The average Bonchev–Trinajstić information content (AvgIpc) is 2.31. The summed E-state index contributed by atoms with van der Waals surface area (Å²) < 4.78 is 6.46. The SMILES string of the molecule is Cc1cc(Oc2ccc(Br)cc2Cl)c(C(=O)O)c(C)n1. The minimum atomic E-state index is -1.08. The van der Waals surface area contributed by atoms with Crippen molar-refractivity contribution in [2.75, 3.05) is 0 Å². The first-order chi connectivity index (χ1) is 9.38. The zero-order valence-corrected chi connectivity index (χ0v) is 13.1. The highest BCUT2D eigenvalue weighted by Crippen LogP contribution is 2.34. The molecule has 0 aliphatic carbocycles. The van der Waals surface area contributed by atoms with Gasteiger partial charge in [-0.05, 0) is 32.0 Å². The molecule has 1 heterocycles. The maximum Gasteiger partial charge on any atom is 0.341 e. The third-order valence-electron chi connectivity index (χ3n) is 2.62. The number of aromatic carboxylic acids is 1. The van der Waals surface area contributed by atoms with Gasteiger partial charge in [0.2, 0.25) is 0 Å². The topological polar surface area (TPSA) is 59.4 Å². The molecule has 20 heavy (non-hydrogen) atoms. The van der Waals surface area contributed by atoms with Gasteiger partial charge in [-0.25, -0.2) is 4.79 Å². The van der Waals surface area contributed by atoms with Crippen LogP contribution in [0.4, 0.5) is 0 Å². The zero-order chi connectivity index (χ0) is 14.9. The van der Waals surface area contributed by atoms with Crippen LogP contribution >= 0.6 is 27.5 Å². The second-order valence-electron chi connectivity index (χ2n) is 4.20. The Balaban J connectivity index is 2.50. The minimum Gasteiger partial charge on any atom is -0.477 e. The summed E-state index contributed by atoms with van der Waals surface area (Å²) >= 11 is 9.37. The van der Waals surface area contributed by atoms with Gasteiger partial charge in [-0.2, -0.15) is 0 Å². The number of aromatic nitrogens is 1. The quantitative estimate of drug-likeness (QED) is 0.873. The molecule has 0 saturated heterocycles. The van der Waals surface area contributed by atoms with E-state index in [1.54, 1.807) is 38.1 Å². The van der Waals surface area contributed by atoms with Crippen molar-refractivity contribution in [2.45, 2.75) is 13.8 Å². The van der Waals surface area contributed by atoms with Crippen LogP contribution in [0, 0.1) is 13.8 Å². The first-order valence-electron chi connectivity index (χ1n) is 5.73. The Kier molecular flexibility index (Phi) is 4.30. The number of carboxylic acid groups (broad SMARTS) is 1. The van der Waals surface area contributed by atoms with Crippen LogP contribution in [0.3, 0.4) is 0 Å². The van der Waals surface area contributed by atoms with E-state index in [0.717, 1.165) is 4.47 Å². The summed E-state index contributed by atoms with van der Waals surface area (Å²) in [6, 6.07) is 6.69. The average molecular weight is 357 g/mol. The number of carbonyl (C=O) groups is 1. The molecule has 1 aromatic carbocycles. The summed E-state index contributed by atoms with van der Waals surface area (Å²) in [5, 5.41) is 9.66. The summed E-state index contributed by atoms with van der Waals surface area (Å²) in [5.74, 6) is -0.465. The normalized spacial score (nSPS) is 10.4. The highest BCUT2D eigenvalue weighted by Gasteiger charge is 2.18. The number of nitrogens with zero attached hydrogens (tertiary/aromatic N) is 1. The Bertz CT molecular complexity index is 688. The summed E-state index contributed by atoms with van der Waals surface area (Å²) in [7, 11) is 0. The molecule has 104 valence electrons. The molecule has 0 bridgehead atoms. The molecular formula is C14H11BrClNO3. The molecule has 2 aromatic rings. The van der Waals surface area contributed by atoms with Gasteiger partial charge in [-0.1, -0.05) is 27.5 Å². The standard InChI is InChI=1S/C14H11BrClNO3/c1-7-5-12(13(14(18)19)8(2)17-7)20-11-4-3-9(15)6-10(11)16/h3-6H,1-2H3,(H,18,19). The van der Waals surface area contributed by atoms with Crippen molar-refractivity contribution < 1.29 is 14.6 Å². The molecule has 0 spiro atoms. The molecule has 2 rings (SSSR count). The molecule has 0 saturated carbocycles. The van der Waals surface area contributed by atoms with E-state index < -0.39 is 5.97 Å². The Labute approximate surface area is 129 Å². The lowest BCUT2D eigenvalue weighted by Crippen LogP contribution is -2.06. The summed E-state index contributed by atoms with van der Waals surface area (Å²) in [4.78, 5) is 15.5. The molecular weight excluding hydrogens is 346 g/mol. The number of aryl methyl sites for hydroxylation is 2. The van der Waals surface area contributed by atoms with E-state index in [9.17, 15) is 9.90 Å². The Morgan fingerprint density at radius 2 is 2.00 bits per heavy atom. The molecule has 4 nitrogen and oxygen atoms in total. The fourth-order valence-corrected chi connectivity index (χ4v) is 2.52. The number of pyridine rings is 1. The smallest absolute Gasteiger partial charge is 0.341 e. The van der Waals surface area contributed by atoms with Crippen LogP contribution in [0.1, 0.15) is 21.7 Å². The molecule has 1 aromatic heterocycles. The largest absolute Gasteiger partial charge is 0.477 e. The number of rotatable bonds is 3. The molecule has 0 radical (unpaired) electrons. The van der Waals surface area contributed by atoms with Gasteiger partial charge in [0, 0.05) is 16.2 Å². The van der Waals surface area contributed by atoms with Crippen LogP contribution in [0.5, 0.6) is 11.5 Å². The fourth-order valence-electron chi connectivity index (χ4n) is 1.81. The molecule has 0 fully saturated rings. The van der Waals surface area contributed by atoms with Gasteiger partial charge in [0.05, 0.1) is 10.7 Å². The lowest BCUT2D eigenvalue weighted by Gasteiger charge is -2.12. The second-order valence-corrected chi connectivity index (χ2v) is 5.53. The van der Waals surface area contributed by atoms with Crippen LogP contribution < -0.4 is 4.74 Å². The number of halogens is 2. The minimum absolute atomic E-state index is 0.0367. The monoisotopic (exact) mass is 355 g/mol. The summed E-state index contributed by atoms with van der Waals surface area (Å²) in [6.45, 7) is 3.40. The van der Waals surface area contributed by atoms with Crippen molar-refractivity contribution in [1.29, 1.82) is 0 Å². The summed E-state index contributed by atoms with van der Waals surface area (Å²) in [6.07, 6.45) is 0. The highest BCUT2D eigenvalue weighted by atomic mass is 79.9. The Morgan fingerprint density at radius 3 is 2.60 bits per heavy atom. The van der Waals surface area contributed by atoms with Crippen molar-refractivity contribution in [3.63, 3.8) is 0 Å². The molecule has 1 N–H and O–H groups in total. The van der Waals surface area contributed by atoms with Gasteiger partial charge in [-0.15, -0.1) is 0 Å². The predicted molar refractivity (Wildman–Crippen MR) is 79.9 cm³/mol. The molecule has 0 aliphatic heterocycles. The maximum atomic E-state index is 11.3. The van der Waals surface area contributed by atoms with E-state index in [1.165, 1.54) is 0 Å². The van der Waals surface area contributed by atoms with Gasteiger partial charge in [-0.3, -0.25) is 4.98 Å². The number of ether oxygens (including phenoxy) is 1. The third kappa shape index (κ3) is 3.11. The first kappa shape index (κ1) is 14.8. The van der Waals surface area contributed by atoms with E-state index in [1.807, 2.05) is 0 Å². The van der Waals surface area contributed by atoms with Crippen LogP contribution in [-0.2, 0) is 0 Å². The lowest BCUT2D eigenvalue weighted by molar-refractivity contribution is 0.0693. The Hall–Kier alpha value is -1.59. The predicted octanol–water partition coefficient (Wildman–Crippen LogP) is 4.60. The number of carboxylic acids is 1. The van der Waals surface area contributed by atoms with Gasteiger partial charge >= 0.3 is 5.97 Å². The van der Waals surface area contributed by atoms with Gasteiger partial charge in [0.25, 0.3) is 0 Å². The van der Waals surface area contributed by atoms with Crippen LogP contribution in [0.25, 0.3) is 0 Å². The number of hydrogen-bond acceptors (Lipinski definition) is 3. The van der Waals surface area contributed by atoms with Crippen LogP contribution in [-0.4, -0.2) is 16.1 Å².